The number of halogens is 5. The fourth-order valence-electron chi connectivity index (χ4n) is 1.24. The Kier molecular flexibility index (Phi) is 3.31. The maximum atomic E-state index is 13.0. The van der Waals surface area contributed by atoms with Crippen LogP contribution in [0.2, 0.25) is 0 Å². The minimum absolute atomic E-state index is 0.189. The molecular formula is C10H9F5. The number of hydrogen-bond donors (Lipinski definition) is 0. The van der Waals surface area contributed by atoms with Crippen molar-refractivity contribution in [2.75, 3.05) is 0 Å². The maximum Gasteiger partial charge on any atom is 0.200 e. The molecule has 0 nitrogen and oxygen atoms in total. The minimum atomic E-state index is -2.11. The van der Waals surface area contributed by atoms with Gasteiger partial charge in [-0.05, 0) is 12.3 Å². The zero-order valence-electron chi connectivity index (χ0n) is 8.17. The summed E-state index contributed by atoms with van der Waals surface area (Å²) in [6.45, 7) is 3.25. The molecule has 0 aromatic heterocycles. The van der Waals surface area contributed by atoms with Crippen LogP contribution in [-0.4, -0.2) is 0 Å². The molecule has 0 aliphatic rings. The molecule has 0 aliphatic heterocycles. The van der Waals surface area contributed by atoms with E-state index in [2.05, 4.69) is 0 Å². The van der Waals surface area contributed by atoms with E-state index in [1.165, 1.54) is 0 Å². The van der Waals surface area contributed by atoms with Crippen LogP contribution >= 0.6 is 0 Å². The Hall–Kier alpha value is -1.13. The third-order valence-electron chi connectivity index (χ3n) is 1.91. The highest BCUT2D eigenvalue weighted by Gasteiger charge is 2.25. The monoisotopic (exact) mass is 224 g/mol. The van der Waals surface area contributed by atoms with Crippen molar-refractivity contribution >= 4 is 0 Å². The van der Waals surface area contributed by atoms with E-state index in [-0.39, 0.29) is 12.3 Å². The van der Waals surface area contributed by atoms with Gasteiger partial charge in [0.25, 0.3) is 0 Å². The average Bonchev–Trinajstić information content (AvgIpc) is 2.18. The van der Waals surface area contributed by atoms with E-state index < -0.39 is 34.6 Å². The molecule has 1 aromatic rings. The summed E-state index contributed by atoms with van der Waals surface area (Å²) in [4.78, 5) is 0. The van der Waals surface area contributed by atoms with Gasteiger partial charge in [0, 0.05) is 5.56 Å². The van der Waals surface area contributed by atoms with Crippen LogP contribution in [0.1, 0.15) is 19.4 Å². The van der Waals surface area contributed by atoms with Crippen LogP contribution in [0.15, 0.2) is 0 Å². The van der Waals surface area contributed by atoms with Gasteiger partial charge < -0.3 is 0 Å². The molecule has 0 saturated heterocycles. The second-order valence-corrected chi connectivity index (χ2v) is 3.65. The van der Waals surface area contributed by atoms with Crippen LogP contribution in [0.25, 0.3) is 0 Å². The average molecular weight is 224 g/mol. The molecule has 0 aliphatic carbocycles. The molecule has 0 heterocycles. The summed E-state index contributed by atoms with van der Waals surface area (Å²) in [7, 11) is 0. The van der Waals surface area contributed by atoms with Crippen molar-refractivity contribution in [3.63, 3.8) is 0 Å². The summed E-state index contributed by atoms with van der Waals surface area (Å²) in [5, 5.41) is 0. The van der Waals surface area contributed by atoms with Gasteiger partial charge in [0.2, 0.25) is 5.82 Å². The predicted molar refractivity (Wildman–Crippen MR) is 44.8 cm³/mol. The molecule has 0 spiro atoms. The molecule has 0 unspecified atom stereocenters. The molecule has 15 heavy (non-hydrogen) atoms. The van der Waals surface area contributed by atoms with Gasteiger partial charge >= 0.3 is 0 Å². The van der Waals surface area contributed by atoms with Crippen LogP contribution in [0, 0.1) is 35.0 Å². The molecule has 0 fully saturated rings. The van der Waals surface area contributed by atoms with Crippen LogP contribution in [-0.2, 0) is 6.42 Å². The molecule has 1 rings (SSSR count). The van der Waals surface area contributed by atoms with E-state index in [1.807, 2.05) is 0 Å². The van der Waals surface area contributed by atoms with Crippen molar-refractivity contribution in [3.8, 4) is 0 Å². The van der Waals surface area contributed by atoms with Crippen molar-refractivity contribution in [1.29, 1.82) is 0 Å². The van der Waals surface area contributed by atoms with Crippen molar-refractivity contribution in [2.45, 2.75) is 20.3 Å². The zero-order chi connectivity index (χ0) is 11.7. The SMILES string of the molecule is CC(C)Cc1c(F)c(F)c(F)c(F)c1F. The Morgan fingerprint density at radius 2 is 1.07 bits per heavy atom. The van der Waals surface area contributed by atoms with Crippen LogP contribution in [0.5, 0.6) is 0 Å². The van der Waals surface area contributed by atoms with E-state index in [0.717, 1.165) is 0 Å². The third-order valence-corrected chi connectivity index (χ3v) is 1.91. The lowest BCUT2D eigenvalue weighted by Crippen LogP contribution is -2.09. The van der Waals surface area contributed by atoms with Crippen molar-refractivity contribution in [1.82, 2.24) is 0 Å². The number of rotatable bonds is 2. The molecular weight excluding hydrogens is 215 g/mol. The molecule has 0 bridgehead atoms. The van der Waals surface area contributed by atoms with Gasteiger partial charge in [-0.25, -0.2) is 22.0 Å². The standard InChI is InChI=1S/C10H9F5/c1-4(2)3-5-6(11)8(13)10(15)9(14)7(5)12/h4H,3H2,1-2H3. The second kappa shape index (κ2) is 4.16. The highest BCUT2D eigenvalue weighted by Crippen LogP contribution is 2.24. The molecule has 0 amide bonds. The lowest BCUT2D eigenvalue weighted by atomic mass is 10.0. The Bertz CT molecular complexity index is 355. The summed E-state index contributed by atoms with van der Waals surface area (Å²) >= 11 is 0. The Labute approximate surface area is 83.7 Å². The Balaban J connectivity index is 3.39. The first kappa shape index (κ1) is 11.9. The van der Waals surface area contributed by atoms with Crippen molar-refractivity contribution < 1.29 is 22.0 Å². The highest BCUT2D eigenvalue weighted by atomic mass is 19.2. The van der Waals surface area contributed by atoms with Crippen molar-refractivity contribution in [3.05, 3.63) is 34.6 Å². The topological polar surface area (TPSA) is 0 Å². The van der Waals surface area contributed by atoms with E-state index >= 15 is 0 Å². The van der Waals surface area contributed by atoms with Gasteiger partial charge in [0.05, 0.1) is 0 Å². The van der Waals surface area contributed by atoms with Crippen LogP contribution in [0.3, 0.4) is 0 Å². The third kappa shape index (κ3) is 2.11. The molecule has 0 saturated carbocycles. The van der Waals surface area contributed by atoms with Gasteiger partial charge in [0.1, 0.15) is 0 Å². The smallest absolute Gasteiger partial charge is 0.200 e. The molecule has 5 heteroatoms. The maximum absolute atomic E-state index is 13.0. The van der Waals surface area contributed by atoms with Gasteiger partial charge in [-0.2, -0.15) is 0 Å². The fourth-order valence-corrected chi connectivity index (χ4v) is 1.24. The predicted octanol–water partition coefficient (Wildman–Crippen LogP) is 3.58. The summed E-state index contributed by atoms with van der Waals surface area (Å²) in [6.07, 6.45) is -0.189. The molecule has 0 atom stereocenters. The molecule has 84 valence electrons. The quantitative estimate of drug-likeness (QED) is 0.409. The molecule has 0 N–H and O–H groups in total. The van der Waals surface area contributed by atoms with Crippen molar-refractivity contribution in [2.24, 2.45) is 5.92 Å². The summed E-state index contributed by atoms with van der Waals surface area (Å²) < 4.78 is 64.1. The largest absolute Gasteiger partial charge is 0.203 e. The lowest BCUT2D eigenvalue weighted by molar-refractivity contribution is 0.366. The number of hydrogen-bond acceptors (Lipinski definition) is 0. The van der Waals surface area contributed by atoms with Gasteiger partial charge in [-0.3, -0.25) is 0 Å². The molecule has 1 aromatic carbocycles. The summed E-state index contributed by atoms with van der Waals surface area (Å²) in [5.74, 6) is -9.55. The van der Waals surface area contributed by atoms with E-state index in [9.17, 15) is 22.0 Å². The van der Waals surface area contributed by atoms with Gasteiger partial charge in [-0.1, -0.05) is 13.8 Å². The first-order chi connectivity index (χ1) is 6.86. The Morgan fingerprint density at radius 1 is 0.733 bits per heavy atom. The minimum Gasteiger partial charge on any atom is -0.203 e. The van der Waals surface area contributed by atoms with Gasteiger partial charge in [0.15, 0.2) is 23.3 Å². The summed E-state index contributed by atoms with van der Waals surface area (Å²) in [5.41, 5.74) is -0.749. The zero-order valence-corrected chi connectivity index (χ0v) is 8.17. The normalized spacial score (nSPS) is 11.2. The fraction of sp³-hybridized carbons (Fsp3) is 0.400. The van der Waals surface area contributed by atoms with Crippen LogP contribution < -0.4 is 0 Å². The number of benzene rings is 1. The van der Waals surface area contributed by atoms with Crippen LogP contribution in [0.4, 0.5) is 22.0 Å². The Morgan fingerprint density at radius 3 is 1.40 bits per heavy atom. The first-order valence-corrected chi connectivity index (χ1v) is 4.36. The first-order valence-electron chi connectivity index (χ1n) is 4.36. The lowest BCUT2D eigenvalue weighted by Gasteiger charge is -2.09. The molecule has 0 radical (unpaired) electrons. The summed E-state index contributed by atoms with van der Waals surface area (Å²) in [6, 6.07) is 0. The van der Waals surface area contributed by atoms with Gasteiger partial charge in [-0.15, -0.1) is 0 Å². The van der Waals surface area contributed by atoms with E-state index in [1.54, 1.807) is 13.8 Å². The highest BCUT2D eigenvalue weighted by molar-refractivity contribution is 5.24. The van der Waals surface area contributed by atoms with E-state index in [0.29, 0.717) is 0 Å². The van der Waals surface area contributed by atoms with E-state index in [4.69, 9.17) is 0 Å². The second-order valence-electron chi connectivity index (χ2n) is 3.65.